The number of non-ortho nitro benzene ring substituents is 1. The van der Waals surface area contributed by atoms with Crippen molar-refractivity contribution in [2.75, 3.05) is 6.54 Å². The number of nitro benzene ring substituents is 1. The van der Waals surface area contributed by atoms with Crippen LogP contribution in [-0.4, -0.2) is 17.4 Å². The van der Waals surface area contributed by atoms with Gasteiger partial charge in [0.15, 0.2) is 0 Å². The van der Waals surface area contributed by atoms with E-state index in [1.165, 1.54) is 0 Å². The highest BCUT2D eigenvalue weighted by molar-refractivity contribution is 5.95. The van der Waals surface area contributed by atoms with Crippen molar-refractivity contribution in [1.29, 1.82) is 0 Å². The minimum Gasteiger partial charge on any atom is -0.352 e. The molecule has 0 aliphatic heterocycles. The van der Waals surface area contributed by atoms with Crippen molar-refractivity contribution >= 4 is 11.6 Å². The second-order valence-electron chi connectivity index (χ2n) is 5.42. The van der Waals surface area contributed by atoms with E-state index >= 15 is 0 Å². The molecular weight excluding hydrogens is 263 g/mol. The zero-order chi connectivity index (χ0) is 14.7. The molecule has 1 aliphatic rings. The average molecular weight is 280 g/mol. The quantitative estimate of drug-likeness (QED) is 0.680. The van der Waals surface area contributed by atoms with Gasteiger partial charge in [0.2, 0.25) is 0 Å². The number of benzene rings is 1. The largest absolute Gasteiger partial charge is 0.352 e. The van der Waals surface area contributed by atoms with Gasteiger partial charge < -0.3 is 5.32 Å². The molecule has 2 rings (SSSR count). The molecule has 5 nitrogen and oxygen atoms in total. The van der Waals surface area contributed by atoms with Crippen LogP contribution in [0, 0.1) is 27.8 Å². The number of nitrogens with one attached hydrogen (secondary N) is 1. The number of hydrogen-bond donors (Lipinski definition) is 1. The first-order valence-corrected chi connectivity index (χ1v) is 6.69. The molecule has 1 aliphatic carbocycles. The first-order chi connectivity index (χ1) is 9.47. The molecule has 1 amide bonds. The minimum absolute atomic E-state index is 0.273. The smallest absolute Gasteiger partial charge is 0.270 e. The number of nitrogens with zero attached hydrogens (tertiary/aromatic N) is 1. The molecule has 1 saturated carbocycles. The number of amides is 1. The SMILES string of the molecule is CC1CCC(CNC(=O)c2cc([N+](=O)[O-])ccc2F)C1. The summed E-state index contributed by atoms with van der Waals surface area (Å²) in [6.07, 6.45) is 3.25. The summed E-state index contributed by atoms with van der Waals surface area (Å²) in [5, 5.41) is 13.3. The van der Waals surface area contributed by atoms with Gasteiger partial charge in [-0.15, -0.1) is 0 Å². The van der Waals surface area contributed by atoms with E-state index in [0.717, 1.165) is 37.5 Å². The summed E-state index contributed by atoms with van der Waals surface area (Å²) in [6, 6.07) is 2.97. The van der Waals surface area contributed by atoms with E-state index < -0.39 is 16.6 Å². The standard InChI is InChI=1S/C14H17FN2O3/c1-9-2-3-10(6-9)8-16-14(18)12-7-11(17(19)20)4-5-13(12)15/h4-5,7,9-10H,2-3,6,8H2,1H3,(H,16,18). The van der Waals surface area contributed by atoms with Gasteiger partial charge in [-0.1, -0.05) is 13.3 Å². The van der Waals surface area contributed by atoms with Gasteiger partial charge in [-0.2, -0.15) is 0 Å². The van der Waals surface area contributed by atoms with Crippen LogP contribution in [0.25, 0.3) is 0 Å². The number of nitro groups is 1. The Labute approximate surface area is 116 Å². The molecular formula is C14H17FN2O3. The van der Waals surface area contributed by atoms with Crippen LogP contribution in [0.15, 0.2) is 18.2 Å². The van der Waals surface area contributed by atoms with Crippen molar-refractivity contribution < 1.29 is 14.1 Å². The molecule has 0 heterocycles. The van der Waals surface area contributed by atoms with Crippen LogP contribution in [0.2, 0.25) is 0 Å². The van der Waals surface area contributed by atoms with Crippen LogP contribution < -0.4 is 5.32 Å². The zero-order valence-corrected chi connectivity index (χ0v) is 11.3. The van der Waals surface area contributed by atoms with Gasteiger partial charge in [0.25, 0.3) is 11.6 Å². The van der Waals surface area contributed by atoms with Gasteiger partial charge in [-0.3, -0.25) is 14.9 Å². The van der Waals surface area contributed by atoms with E-state index in [0.29, 0.717) is 18.4 Å². The van der Waals surface area contributed by atoms with E-state index in [2.05, 4.69) is 12.2 Å². The van der Waals surface area contributed by atoms with Gasteiger partial charge in [0, 0.05) is 18.7 Å². The average Bonchev–Trinajstić information content (AvgIpc) is 2.82. The molecule has 1 N–H and O–H groups in total. The number of hydrogen-bond acceptors (Lipinski definition) is 3. The Kier molecular flexibility index (Phi) is 4.32. The number of halogens is 1. The van der Waals surface area contributed by atoms with E-state index in [1.54, 1.807) is 0 Å². The highest BCUT2D eigenvalue weighted by atomic mass is 19.1. The number of carbonyl (C=O) groups excluding carboxylic acids is 1. The van der Waals surface area contributed by atoms with Gasteiger partial charge >= 0.3 is 0 Å². The fourth-order valence-corrected chi connectivity index (χ4v) is 2.64. The topological polar surface area (TPSA) is 72.2 Å². The molecule has 108 valence electrons. The van der Waals surface area contributed by atoms with Gasteiger partial charge in [-0.05, 0) is 30.7 Å². The van der Waals surface area contributed by atoms with E-state index in [1.807, 2.05) is 0 Å². The third-order valence-corrected chi connectivity index (χ3v) is 3.76. The molecule has 1 aromatic rings. The molecule has 1 aromatic carbocycles. The summed E-state index contributed by atoms with van der Waals surface area (Å²) in [5.74, 6) is -0.263. The maximum Gasteiger partial charge on any atom is 0.270 e. The monoisotopic (exact) mass is 280 g/mol. The normalized spacial score (nSPS) is 21.7. The van der Waals surface area contributed by atoms with Crippen LogP contribution in [-0.2, 0) is 0 Å². The lowest BCUT2D eigenvalue weighted by Crippen LogP contribution is -2.29. The number of carbonyl (C=O) groups is 1. The second kappa shape index (κ2) is 5.98. The lowest BCUT2D eigenvalue weighted by atomic mass is 10.1. The van der Waals surface area contributed by atoms with E-state index in [4.69, 9.17) is 0 Å². The molecule has 2 unspecified atom stereocenters. The van der Waals surface area contributed by atoms with E-state index in [-0.39, 0.29) is 11.3 Å². The summed E-state index contributed by atoms with van der Waals surface area (Å²) in [4.78, 5) is 21.9. The second-order valence-corrected chi connectivity index (χ2v) is 5.42. The molecule has 20 heavy (non-hydrogen) atoms. The zero-order valence-electron chi connectivity index (χ0n) is 11.3. The molecule has 6 heteroatoms. The third-order valence-electron chi connectivity index (χ3n) is 3.76. The lowest BCUT2D eigenvalue weighted by molar-refractivity contribution is -0.384. The Balaban J connectivity index is 2.01. The summed E-state index contributed by atoms with van der Waals surface area (Å²) in [7, 11) is 0. The maximum absolute atomic E-state index is 13.6. The predicted molar refractivity (Wildman–Crippen MR) is 71.9 cm³/mol. The summed E-state index contributed by atoms with van der Waals surface area (Å²) >= 11 is 0. The predicted octanol–water partition coefficient (Wildman–Crippen LogP) is 2.90. The Morgan fingerprint density at radius 1 is 1.50 bits per heavy atom. The van der Waals surface area contributed by atoms with Gasteiger partial charge in [0.1, 0.15) is 5.82 Å². The molecule has 0 bridgehead atoms. The molecule has 0 saturated heterocycles. The van der Waals surface area contributed by atoms with Crippen LogP contribution >= 0.6 is 0 Å². The number of rotatable bonds is 4. The Hall–Kier alpha value is -1.98. The van der Waals surface area contributed by atoms with Crippen LogP contribution in [0.1, 0.15) is 36.5 Å². The molecule has 0 radical (unpaired) electrons. The molecule has 0 spiro atoms. The van der Waals surface area contributed by atoms with Crippen LogP contribution in [0.5, 0.6) is 0 Å². The van der Waals surface area contributed by atoms with Crippen molar-refractivity contribution in [1.82, 2.24) is 5.32 Å². The molecule has 1 fully saturated rings. The van der Waals surface area contributed by atoms with Crippen molar-refractivity contribution in [3.05, 3.63) is 39.7 Å². The Morgan fingerprint density at radius 2 is 2.25 bits per heavy atom. The fourth-order valence-electron chi connectivity index (χ4n) is 2.64. The summed E-state index contributed by atoms with van der Waals surface area (Å²) in [5.41, 5.74) is -0.559. The van der Waals surface area contributed by atoms with Crippen molar-refractivity contribution in [2.45, 2.75) is 26.2 Å². The van der Waals surface area contributed by atoms with Crippen LogP contribution in [0.4, 0.5) is 10.1 Å². The van der Waals surface area contributed by atoms with Gasteiger partial charge in [-0.25, -0.2) is 4.39 Å². The van der Waals surface area contributed by atoms with Crippen molar-refractivity contribution in [3.8, 4) is 0 Å². The minimum atomic E-state index is -0.743. The fraction of sp³-hybridized carbons (Fsp3) is 0.500. The third kappa shape index (κ3) is 3.31. The summed E-state index contributed by atoms with van der Waals surface area (Å²) in [6.45, 7) is 2.66. The highest BCUT2D eigenvalue weighted by Crippen LogP contribution is 2.29. The lowest BCUT2D eigenvalue weighted by Gasteiger charge is -2.11. The first-order valence-electron chi connectivity index (χ1n) is 6.69. The molecule has 2 atom stereocenters. The first kappa shape index (κ1) is 14.4. The van der Waals surface area contributed by atoms with Crippen molar-refractivity contribution in [2.24, 2.45) is 11.8 Å². The molecule has 0 aromatic heterocycles. The Bertz CT molecular complexity index is 533. The van der Waals surface area contributed by atoms with Crippen molar-refractivity contribution in [3.63, 3.8) is 0 Å². The van der Waals surface area contributed by atoms with Gasteiger partial charge in [0.05, 0.1) is 10.5 Å². The summed E-state index contributed by atoms with van der Waals surface area (Å²) < 4.78 is 13.6. The van der Waals surface area contributed by atoms with E-state index in [9.17, 15) is 19.3 Å². The highest BCUT2D eigenvalue weighted by Gasteiger charge is 2.23. The van der Waals surface area contributed by atoms with Crippen LogP contribution in [0.3, 0.4) is 0 Å². The maximum atomic E-state index is 13.6. The Morgan fingerprint density at radius 3 is 2.85 bits per heavy atom.